The highest BCUT2D eigenvalue weighted by Gasteiger charge is 2.20. The van der Waals surface area contributed by atoms with E-state index < -0.39 is 39.6 Å². The van der Waals surface area contributed by atoms with Crippen LogP contribution in [0.25, 0.3) is 10.9 Å². The SMILES string of the molecule is Cn1c(=O)n(Cc2ccc(Br)cc2)c(=O)c2cc(F)c(F)c(F)c21. The van der Waals surface area contributed by atoms with Crippen molar-refractivity contribution in [3.8, 4) is 0 Å². The van der Waals surface area contributed by atoms with E-state index in [0.29, 0.717) is 11.6 Å². The lowest BCUT2D eigenvalue weighted by atomic mass is 10.2. The first-order valence-electron chi connectivity index (χ1n) is 6.82. The van der Waals surface area contributed by atoms with Gasteiger partial charge in [-0.3, -0.25) is 13.9 Å². The van der Waals surface area contributed by atoms with Gasteiger partial charge >= 0.3 is 5.69 Å². The highest BCUT2D eigenvalue weighted by atomic mass is 79.9. The van der Waals surface area contributed by atoms with Crippen molar-refractivity contribution in [3.05, 3.63) is 78.7 Å². The van der Waals surface area contributed by atoms with Crippen molar-refractivity contribution in [2.45, 2.75) is 6.54 Å². The summed E-state index contributed by atoms with van der Waals surface area (Å²) in [6, 6.07) is 7.48. The van der Waals surface area contributed by atoms with Crippen LogP contribution >= 0.6 is 15.9 Å². The molecule has 3 rings (SSSR count). The quantitative estimate of drug-likeness (QED) is 0.623. The average molecular weight is 399 g/mol. The molecule has 0 bridgehead atoms. The summed E-state index contributed by atoms with van der Waals surface area (Å²) in [6.45, 7) is -0.0741. The normalized spacial score (nSPS) is 11.2. The number of aromatic nitrogens is 2. The van der Waals surface area contributed by atoms with Gasteiger partial charge in [0.05, 0.1) is 17.4 Å². The average Bonchev–Trinajstić information content (AvgIpc) is 2.56. The molecule has 0 fully saturated rings. The smallest absolute Gasteiger partial charge is 0.293 e. The van der Waals surface area contributed by atoms with Gasteiger partial charge in [0.15, 0.2) is 17.5 Å². The maximum atomic E-state index is 14.0. The fraction of sp³-hybridized carbons (Fsp3) is 0.125. The maximum Gasteiger partial charge on any atom is 0.331 e. The highest BCUT2D eigenvalue weighted by molar-refractivity contribution is 9.10. The molecule has 0 N–H and O–H groups in total. The van der Waals surface area contributed by atoms with Crippen LogP contribution in [0.15, 0.2) is 44.4 Å². The van der Waals surface area contributed by atoms with Gasteiger partial charge in [-0.1, -0.05) is 28.1 Å². The molecule has 124 valence electrons. The number of halogens is 4. The molecule has 0 saturated carbocycles. The van der Waals surface area contributed by atoms with Crippen LogP contribution < -0.4 is 11.2 Å². The zero-order chi connectivity index (χ0) is 17.6. The molecule has 1 aromatic heterocycles. The Balaban J connectivity index is 2.30. The van der Waals surface area contributed by atoms with Crippen molar-refractivity contribution in [1.82, 2.24) is 9.13 Å². The monoisotopic (exact) mass is 398 g/mol. The minimum atomic E-state index is -1.72. The molecule has 0 amide bonds. The number of hydrogen-bond donors (Lipinski definition) is 0. The van der Waals surface area contributed by atoms with E-state index in [9.17, 15) is 22.8 Å². The number of nitrogens with zero attached hydrogens (tertiary/aromatic N) is 2. The van der Waals surface area contributed by atoms with Gasteiger partial charge in [0.1, 0.15) is 0 Å². The lowest BCUT2D eigenvalue weighted by Crippen LogP contribution is -2.39. The summed E-state index contributed by atoms with van der Waals surface area (Å²) in [7, 11) is 1.20. The van der Waals surface area contributed by atoms with Crippen LogP contribution in [0.1, 0.15) is 5.56 Å². The van der Waals surface area contributed by atoms with Gasteiger partial charge in [-0.25, -0.2) is 18.0 Å². The van der Waals surface area contributed by atoms with E-state index in [-0.39, 0.29) is 6.54 Å². The Morgan fingerprint density at radius 1 is 1.04 bits per heavy atom. The fourth-order valence-electron chi connectivity index (χ4n) is 2.50. The molecular weight excluding hydrogens is 389 g/mol. The Labute approximate surface area is 141 Å². The number of aryl methyl sites for hydroxylation is 1. The predicted octanol–water partition coefficient (Wildman–Crippen LogP) is 2.93. The van der Waals surface area contributed by atoms with Crippen LogP contribution in [-0.2, 0) is 13.6 Å². The molecule has 0 radical (unpaired) electrons. The van der Waals surface area contributed by atoms with Crippen LogP contribution in [0.3, 0.4) is 0 Å². The standard InChI is InChI=1S/C16H10BrF3N2O2/c1-21-14-10(6-11(18)12(19)13(14)20)15(23)22(16(21)24)7-8-2-4-9(17)5-3-8/h2-6H,7H2,1H3. The fourth-order valence-corrected chi connectivity index (χ4v) is 2.76. The van der Waals surface area contributed by atoms with Gasteiger partial charge in [-0.2, -0.15) is 0 Å². The minimum Gasteiger partial charge on any atom is -0.293 e. The zero-order valence-corrected chi connectivity index (χ0v) is 13.9. The van der Waals surface area contributed by atoms with Crippen molar-refractivity contribution in [2.75, 3.05) is 0 Å². The van der Waals surface area contributed by atoms with Gasteiger partial charge in [-0.05, 0) is 23.8 Å². The molecule has 0 atom stereocenters. The second kappa shape index (κ2) is 5.94. The first kappa shape index (κ1) is 16.5. The third-order valence-corrected chi connectivity index (χ3v) is 4.25. The van der Waals surface area contributed by atoms with Gasteiger partial charge in [-0.15, -0.1) is 0 Å². The Morgan fingerprint density at radius 2 is 1.67 bits per heavy atom. The van der Waals surface area contributed by atoms with Crippen LogP contribution in [0.4, 0.5) is 13.2 Å². The largest absolute Gasteiger partial charge is 0.331 e. The van der Waals surface area contributed by atoms with Crippen LogP contribution in [0, 0.1) is 17.5 Å². The van der Waals surface area contributed by atoms with Crippen molar-refractivity contribution in [3.63, 3.8) is 0 Å². The Morgan fingerprint density at radius 3 is 2.29 bits per heavy atom. The number of fused-ring (bicyclic) bond motifs is 1. The summed E-state index contributed by atoms with van der Waals surface area (Å²) in [5.74, 6) is -4.76. The number of rotatable bonds is 2. The summed E-state index contributed by atoms with van der Waals surface area (Å²) < 4.78 is 43.3. The van der Waals surface area contributed by atoms with E-state index >= 15 is 0 Å². The Kier molecular flexibility index (Phi) is 4.08. The molecule has 1 heterocycles. The molecule has 3 aromatic rings. The molecule has 0 spiro atoms. The van der Waals surface area contributed by atoms with Gasteiger partial charge in [0.25, 0.3) is 5.56 Å². The van der Waals surface area contributed by atoms with Gasteiger partial charge in [0.2, 0.25) is 0 Å². The van der Waals surface area contributed by atoms with Crippen molar-refractivity contribution < 1.29 is 13.2 Å². The van der Waals surface area contributed by atoms with E-state index in [1.165, 1.54) is 7.05 Å². The maximum absolute atomic E-state index is 14.0. The topological polar surface area (TPSA) is 44.0 Å². The molecule has 0 saturated heterocycles. The molecule has 2 aromatic carbocycles. The Hall–Kier alpha value is -2.35. The molecule has 8 heteroatoms. The number of hydrogen-bond acceptors (Lipinski definition) is 2. The minimum absolute atomic E-state index is 0.0741. The summed E-state index contributed by atoms with van der Waals surface area (Å²) in [5.41, 5.74) is -1.61. The second-order valence-corrected chi connectivity index (χ2v) is 6.16. The molecule has 0 aliphatic rings. The van der Waals surface area contributed by atoms with Gasteiger partial charge in [0, 0.05) is 11.5 Å². The van der Waals surface area contributed by atoms with E-state index in [4.69, 9.17) is 0 Å². The number of benzene rings is 2. The summed E-state index contributed by atoms with van der Waals surface area (Å²) >= 11 is 3.27. The van der Waals surface area contributed by atoms with Gasteiger partial charge < -0.3 is 0 Å². The van der Waals surface area contributed by atoms with Crippen LogP contribution in [-0.4, -0.2) is 9.13 Å². The molecule has 0 unspecified atom stereocenters. The van der Waals surface area contributed by atoms with Crippen molar-refractivity contribution in [1.29, 1.82) is 0 Å². The zero-order valence-electron chi connectivity index (χ0n) is 12.3. The summed E-state index contributed by atoms with van der Waals surface area (Å²) in [5, 5.41) is -0.398. The van der Waals surface area contributed by atoms with Crippen molar-refractivity contribution in [2.24, 2.45) is 7.05 Å². The molecule has 24 heavy (non-hydrogen) atoms. The molecule has 0 aliphatic heterocycles. The lowest BCUT2D eigenvalue weighted by Gasteiger charge is -2.12. The van der Waals surface area contributed by atoms with E-state index in [1.807, 2.05) is 0 Å². The van der Waals surface area contributed by atoms with E-state index in [2.05, 4.69) is 15.9 Å². The first-order valence-corrected chi connectivity index (χ1v) is 7.62. The summed E-state index contributed by atoms with van der Waals surface area (Å²) in [4.78, 5) is 24.8. The summed E-state index contributed by atoms with van der Waals surface area (Å²) in [6.07, 6.45) is 0. The van der Waals surface area contributed by atoms with Crippen LogP contribution in [0.2, 0.25) is 0 Å². The molecule has 0 aliphatic carbocycles. The lowest BCUT2D eigenvalue weighted by molar-refractivity contribution is 0.449. The predicted molar refractivity (Wildman–Crippen MR) is 86.6 cm³/mol. The van der Waals surface area contributed by atoms with Crippen molar-refractivity contribution >= 4 is 26.8 Å². The highest BCUT2D eigenvalue weighted by Crippen LogP contribution is 2.19. The third-order valence-electron chi connectivity index (χ3n) is 3.72. The third kappa shape index (κ3) is 2.56. The molecule has 4 nitrogen and oxygen atoms in total. The molecular formula is C16H10BrF3N2O2. The second-order valence-electron chi connectivity index (χ2n) is 5.24. The Bertz CT molecular complexity index is 1070. The first-order chi connectivity index (χ1) is 11.3. The van der Waals surface area contributed by atoms with Crippen LogP contribution in [0.5, 0.6) is 0 Å². The van der Waals surface area contributed by atoms with E-state index in [1.54, 1.807) is 24.3 Å². The van der Waals surface area contributed by atoms with E-state index in [0.717, 1.165) is 13.6 Å².